The van der Waals surface area contributed by atoms with Crippen LogP contribution in [-0.4, -0.2) is 50.2 Å². The van der Waals surface area contributed by atoms with E-state index in [1.807, 2.05) is 29.6 Å². The fourth-order valence-electron chi connectivity index (χ4n) is 4.45. The van der Waals surface area contributed by atoms with Crippen molar-refractivity contribution in [2.75, 3.05) is 19.6 Å². The molecule has 0 saturated carbocycles. The number of aryl methyl sites for hydroxylation is 1. The van der Waals surface area contributed by atoms with Gasteiger partial charge in [-0.15, -0.1) is 0 Å². The number of rotatable bonds is 4. The van der Waals surface area contributed by atoms with Crippen LogP contribution in [0.1, 0.15) is 59.7 Å². The highest BCUT2D eigenvalue weighted by Gasteiger charge is 2.30. The molecule has 0 aliphatic carbocycles. The monoisotopic (exact) mass is 396 g/mol. The van der Waals surface area contributed by atoms with E-state index in [0.717, 1.165) is 62.7 Å². The third kappa shape index (κ3) is 4.06. The van der Waals surface area contributed by atoms with Crippen LogP contribution in [0.5, 0.6) is 0 Å². The number of aromatic nitrogens is 4. The van der Waals surface area contributed by atoms with E-state index in [0.29, 0.717) is 6.54 Å². The van der Waals surface area contributed by atoms with Gasteiger partial charge >= 0.3 is 0 Å². The van der Waals surface area contributed by atoms with Crippen LogP contribution in [0.4, 0.5) is 0 Å². The number of hydrogen-bond acceptors (Lipinski definition) is 5. The van der Waals surface area contributed by atoms with E-state index in [2.05, 4.69) is 29.2 Å². The molecule has 1 saturated heterocycles. The van der Waals surface area contributed by atoms with Gasteiger partial charge in [0.1, 0.15) is 5.82 Å². The van der Waals surface area contributed by atoms with Gasteiger partial charge in [0.2, 0.25) is 5.91 Å². The second-order valence-electron chi connectivity index (χ2n) is 8.63. The summed E-state index contributed by atoms with van der Waals surface area (Å²) in [7, 11) is 0. The molecule has 2 atom stereocenters. The topological polar surface area (TPSA) is 75.9 Å². The quantitative estimate of drug-likeness (QED) is 0.858. The van der Waals surface area contributed by atoms with Crippen molar-refractivity contribution in [3.63, 3.8) is 0 Å². The highest BCUT2D eigenvalue weighted by atomic mass is 16.2. The van der Waals surface area contributed by atoms with E-state index in [-0.39, 0.29) is 17.7 Å². The van der Waals surface area contributed by atoms with Crippen LogP contribution in [0.15, 0.2) is 6.20 Å². The van der Waals surface area contributed by atoms with Crippen molar-refractivity contribution < 1.29 is 4.79 Å². The Morgan fingerprint density at radius 1 is 1.34 bits per heavy atom. The van der Waals surface area contributed by atoms with E-state index in [1.165, 1.54) is 16.8 Å². The lowest BCUT2D eigenvalue weighted by molar-refractivity contribution is -0.136. The van der Waals surface area contributed by atoms with Gasteiger partial charge in [-0.25, -0.2) is 9.97 Å². The van der Waals surface area contributed by atoms with Crippen molar-refractivity contribution in [2.24, 2.45) is 5.92 Å². The number of fused-ring (bicyclic) bond motifs is 1. The average molecular weight is 397 g/mol. The van der Waals surface area contributed by atoms with Gasteiger partial charge in [-0.05, 0) is 39.2 Å². The number of hydrogen-bond donors (Lipinski definition) is 1. The third-order valence-corrected chi connectivity index (χ3v) is 6.54. The molecule has 2 aliphatic heterocycles. The van der Waals surface area contributed by atoms with Gasteiger partial charge in [-0.2, -0.15) is 5.10 Å². The van der Waals surface area contributed by atoms with E-state index >= 15 is 0 Å². The molecule has 2 aromatic rings. The van der Waals surface area contributed by atoms with Crippen LogP contribution in [0.25, 0.3) is 0 Å². The molecule has 4 rings (SSSR count). The summed E-state index contributed by atoms with van der Waals surface area (Å²) in [6, 6.07) is 0. The molecule has 1 amide bonds. The third-order valence-electron chi connectivity index (χ3n) is 6.54. The zero-order chi connectivity index (χ0) is 20.5. The van der Waals surface area contributed by atoms with E-state index in [1.54, 1.807) is 0 Å². The van der Waals surface area contributed by atoms with Crippen molar-refractivity contribution in [3.8, 4) is 0 Å². The molecule has 0 spiro atoms. The minimum Gasteiger partial charge on any atom is -0.342 e. The summed E-state index contributed by atoms with van der Waals surface area (Å²) >= 11 is 0. The highest BCUT2D eigenvalue weighted by Crippen LogP contribution is 2.27. The number of piperidine rings is 1. The number of carbonyl (C=O) groups excluding carboxylic acids is 1. The minimum atomic E-state index is -0.0957. The zero-order valence-electron chi connectivity index (χ0n) is 18.0. The van der Waals surface area contributed by atoms with Gasteiger partial charge in [0, 0.05) is 61.7 Å². The van der Waals surface area contributed by atoms with E-state index < -0.39 is 0 Å². The molecule has 156 valence electrons. The highest BCUT2D eigenvalue weighted by molar-refractivity contribution is 5.78. The predicted octanol–water partition coefficient (Wildman–Crippen LogP) is 2.29. The maximum atomic E-state index is 13.2. The van der Waals surface area contributed by atoms with E-state index in [4.69, 9.17) is 4.98 Å². The van der Waals surface area contributed by atoms with Crippen LogP contribution >= 0.6 is 0 Å². The molecule has 29 heavy (non-hydrogen) atoms. The zero-order valence-corrected chi connectivity index (χ0v) is 18.0. The molecule has 2 aliphatic rings. The Kier molecular flexibility index (Phi) is 5.67. The molecule has 0 aromatic carbocycles. The maximum absolute atomic E-state index is 13.2. The molecule has 1 N–H and O–H groups in total. The summed E-state index contributed by atoms with van der Waals surface area (Å²) in [5, 5.41) is 7.96. The molecule has 4 heterocycles. The first-order chi connectivity index (χ1) is 13.9. The smallest absolute Gasteiger partial charge is 0.227 e. The number of nitrogens with one attached hydrogen (secondary N) is 1. The summed E-state index contributed by atoms with van der Waals surface area (Å²) in [6.45, 7) is 12.2. The van der Waals surface area contributed by atoms with Crippen molar-refractivity contribution in [1.82, 2.24) is 30.0 Å². The van der Waals surface area contributed by atoms with Crippen LogP contribution in [0.2, 0.25) is 0 Å². The summed E-state index contributed by atoms with van der Waals surface area (Å²) in [4.78, 5) is 24.7. The summed E-state index contributed by atoms with van der Waals surface area (Å²) < 4.78 is 1.98. The number of carbonyl (C=O) groups is 1. The molecule has 7 nitrogen and oxygen atoms in total. The molecule has 2 unspecified atom stereocenters. The number of amides is 1. The van der Waals surface area contributed by atoms with Crippen LogP contribution in [0.3, 0.4) is 0 Å². The summed E-state index contributed by atoms with van der Waals surface area (Å²) in [6.07, 6.45) is 4.98. The van der Waals surface area contributed by atoms with Crippen molar-refractivity contribution >= 4 is 5.91 Å². The fourth-order valence-corrected chi connectivity index (χ4v) is 4.45. The Bertz CT molecular complexity index is 905. The van der Waals surface area contributed by atoms with Crippen LogP contribution in [-0.2, 0) is 24.3 Å². The molecule has 1 fully saturated rings. The lowest BCUT2D eigenvalue weighted by Crippen LogP contribution is -2.43. The van der Waals surface area contributed by atoms with Gasteiger partial charge in [0.15, 0.2) is 0 Å². The normalized spacial score (nSPS) is 20.4. The van der Waals surface area contributed by atoms with Crippen molar-refractivity contribution in [2.45, 2.75) is 66.0 Å². The van der Waals surface area contributed by atoms with Gasteiger partial charge in [0.25, 0.3) is 0 Å². The molecular weight excluding hydrogens is 364 g/mol. The molecule has 7 heteroatoms. The van der Waals surface area contributed by atoms with Gasteiger partial charge in [0.05, 0.1) is 18.2 Å². The van der Waals surface area contributed by atoms with Crippen molar-refractivity contribution in [1.29, 1.82) is 0 Å². The second-order valence-corrected chi connectivity index (χ2v) is 8.63. The summed E-state index contributed by atoms with van der Waals surface area (Å²) in [5.41, 5.74) is 5.78. The van der Waals surface area contributed by atoms with Gasteiger partial charge in [-0.3, -0.25) is 9.48 Å². The molecule has 0 bridgehead atoms. The van der Waals surface area contributed by atoms with Gasteiger partial charge in [-0.1, -0.05) is 6.92 Å². The SMILES string of the molecule is Cc1nn(CC(C)C(=O)N2CCCC(c3ncc4c(n3)CCNC4)C2)c(C)c1C. The Morgan fingerprint density at radius 3 is 2.93 bits per heavy atom. The molecular formula is C22H32N6O. The minimum absolute atomic E-state index is 0.0957. The van der Waals surface area contributed by atoms with Crippen LogP contribution < -0.4 is 5.32 Å². The Balaban J connectivity index is 1.43. The Labute approximate surface area is 172 Å². The first kappa shape index (κ1) is 20.0. The lowest BCUT2D eigenvalue weighted by atomic mass is 9.95. The lowest BCUT2D eigenvalue weighted by Gasteiger charge is -2.34. The van der Waals surface area contributed by atoms with Crippen LogP contribution in [0, 0.1) is 26.7 Å². The maximum Gasteiger partial charge on any atom is 0.227 e. The standard InChI is InChI=1S/C22H32N6O/c1-14(12-28-17(4)15(2)16(3)26-28)22(29)27-9-5-6-18(13-27)21-24-11-19-10-23-8-7-20(19)25-21/h11,14,18,23H,5-10,12-13H2,1-4H3. The average Bonchev–Trinajstić information content (AvgIpc) is 2.99. The number of nitrogens with zero attached hydrogens (tertiary/aromatic N) is 5. The molecule has 0 radical (unpaired) electrons. The Morgan fingerprint density at radius 2 is 2.17 bits per heavy atom. The van der Waals surface area contributed by atoms with Crippen molar-refractivity contribution in [3.05, 3.63) is 40.2 Å². The fraction of sp³-hybridized carbons (Fsp3) is 0.636. The largest absolute Gasteiger partial charge is 0.342 e. The Hall–Kier alpha value is -2.28. The van der Waals surface area contributed by atoms with E-state index in [9.17, 15) is 4.79 Å². The first-order valence-electron chi connectivity index (χ1n) is 10.8. The first-order valence-corrected chi connectivity index (χ1v) is 10.8. The predicted molar refractivity (Wildman–Crippen MR) is 112 cm³/mol. The summed E-state index contributed by atoms with van der Waals surface area (Å²) in [5.74, 6) is 1.25. The second kappa shape index (κ2) is 8.22. The molecule has 2 aromatic heterocycles. The van der Waals surface area contributed by atoms with Gasteiger partial charge < -0.3 is 10.2 Å². The number of likely N-dealkylation sites (tertiary alicyclic amines) is 1.